The summed E-state index contributed by atoms with van der Waals surface area (Å²) in [5, 5.41) is 0. The Bertz CT molecular complexity index is 431. The van der Waals surface area contributed by atoms with Crippen molar-refractivity contribution < 1.29 is 9.47 Å². The van der Waals surface area contributed by atoms with Gasteiger partial charge in [-0.15, -0.1) is 0 Å². The van der Waals surface area contributed by atoms with Crippen LogP contribution in [0.5, 0.6) is 11.5 Å². The van der Waals surface area contributed by atoms with E-state index in [4.69, 9.17) is 15.2 Å². The fourth-order valence-corrected chi connectivity index (χ4v) is 2.03. The standard InChI is InChI=1S/C15H23NO2/c1-14(2,3)12-9-11(17-4)5-6-13(12)18-15(10-16)7-8-15/h5-6,9H,7-8,10,16H2,1-4H3. The van der Waals surface area contributed by atoms with E-state index in [-0.39, 0.29) is 11.0 Å². The Hall–Kier alpha value is -1.22. The van der Waals surface area contributed by atoms with Gasteiger partial charge in [0.15, 0.2) is 0 Å². The minimum Gasteiger partial charge on any atom is -0.497 e. The molecule has 1 aromatic carbocycles. The summed E-state index contributed by atoms with van der Waals surface area (Å²) in [4.78, 5) is 0. The molecule has 0 bridgehead atoms. The minimum absolute atomic E-state index is 0.0224. The predicted molar refractivity (Wildman–Crippen MR) is 73.3 cm³/mol. The largest absolute Gasteiger partial charge is 0.497 e. The van der Waals surface area contributed by atoms with Gasteiger partial charge in [-0.05, 0) is 36.5 Å². The Morgan fingerprint density at radius 2 is 1.94 bits per heavy atom. The Balaban J connectivity index is 2.34. The van der Waals surface area contributed by atoms with E-state index in [1.165, 1.54) is 5.56 Å². The molecule has 1 fully saturated rings. The molecular formula is C15H23NO2. The minimum atomic E-state index is -0.116. The van der Waals surface area contributed by atoms with Crippen molar-refractivity contribution in [1.29, 1.82) is 0 Å². The van der Waals surface area contributed by atoms with Gasteiger partial charge in [0.05, 0.1) is 7.11 Å². The number of hydrogen-bond donors (Lipinski definition) is 1. The lowest BCUT2D eigenvalue weighted by molar-refractivity contribution is 0.183. The summed E-state index contributed by atoms with van der Waals surface area (Å²) in [6.45, 7) is 7.12. The van der Waals surface area contributed by atoms with Crippen molar-refractivity contribution in [2.75, 3.05) is 13.7 Å². The Labute approximate surface area is 109 Å². The highest BCUT2D eigenvalue weighted by atomic mass is 16.5. The van der Waals surface area contributed by atoms with Crippen LogP contribution in [0.15, 0.2) is 18.2 Å². The summed E-state index contributed by atoms with van der Waals surface area (Å²) in [5.74, 6) is 1.80. The second kappa shape index (κ2) is 4.47. The van der Waals surface area contributed by atoms with Crippen LogP contribution in [0.4, 0.5) is 0 Å². The summed E-state index contributed by atoms with van der Waals surface area (Å²) < 4.78 is 11.4. The first-order valence-corrected chi connectivity index (χ1v) is 6.48. The van der Waals surface area contributed by atoms with Gasteiger partial charge in [0.2, 0.25) is 0 Å². The Morgan fingerprint density at radius 1 is 1.28 bits per heavy atom. The monoisotopic (exact) mass is 249 g/mol. The Morgan fingerprint density at radius 3 is 2.39 bits per heavy atom. The van der Waals surface area contributed by atoms with Crippen LogP contribution in [0, 0.1) is 0 Å². The molecule has 18 heavy (non-hydrogen) atoms. The van der Waals surface area contributed by atoms with E-state index in [1.54, 1.807) is 7.11 Å². The van der Waals surface area contributed by atoms with Crippen molar-refractivity contribution in [2.24, 2.45) is 5.73 Å². The van der Waals surface area contributed by atoms with E-state index >= 15 is 0 Å². The highest BCUT2D eigenvalue weighted by Crippen LogP contribution is 2.43. The molecule has 3 heteroatoms. The third-order valence-electron chi connectivity index (χ3n) is 3.50. The van der Waals surface area contributed by atoms with E-state index < -0.39 is 0 Å². The number of rotatable bonds is 4. The van der Waals surface area contributed by atoms with Gasteiger partial charge in [0.25, 0.3) is 0 Å². The first-order valence-electron chi connectivity index (χ1n) is 6.48. The summed E-state index contributed by atoms with van der Waals surface area (Å²) in [6, 6.07) is 5.99. The molecule has 0 atom stereocenters. The first kappa shape index (κ1) is 13.2. The molecule has 1 aromatic rings. The third-order valence-corrected chi connectivity index (χ3v) is 3.50. The average molecular weight is 249 g/mol. The number of methoxy groups -OCH3 is 1. The maximum Gasteiger partial charge on any atom is 0.124 e. The molecule has 0 spiro atoms. The fraction of sp³-hybridized carbons (Fsp3) is 0.600. The second-order valence-electron chi connectivity index (χ2n) is 6.10. The van der Waals surface area contributed by atoms with Crippen LogP contribution < -0.4 is 15.2 Å². The van der Waals surface area contributed by atoms with E-state index in [0.717, 1.165) is 24.3 Å². The molecule has 1 aliphatic rings. The lowest BCUT2D eigenvalue weighted by atomic mass is 9.86. The number of benzene rings is 1. The number of hydrogen-bond acceptors (Lipinski definition) is 3. The van der Waals surface area contributed by atoms with Gasteiger partial charge in [-0.3, -0.25) is 0 Å². The summed E-state index contributed by atoms with van der Waals surface area (Å²) in [6.07, 6.45) is 2.11. The molecule has 0 aromatic heterocycles. The molecule has 1 saturated carbocycles. The topological polar surface area (TPSA) is 44.5 Å². The van der Waals surface area contributed by atoms with E-state index in [0.29, 0.717) is 6.54 Å². The molecule has 2 N–H and O–H groups in total. The quantitative estimate of drug-likeness (QED) is 0.892. The van der Waals surface area contributed by atoms with Gasteiger partial charge in [0, 0.05) is 12.1 Å². The summed E-state index contributed by atoms with van der Waals surface area (Å²) in [5.41, 5.74) is 6.86. The van der Waals surface area contributed by atoms with Crippen LogP contribution in [-0.4, -0.2) is 19.3 Å². The molecule has 0 aliphatic heterocycles. The van der Waals surface area contributed by atoms with Crippen LogP contribution in [-0.2, 0) is 5.41 Å². The molecule has 0 saturated heterocycles. The number of ether oxygens (including phenoxy) is 2. The van der Waals surface area contributed by atoms with Gasteiger partial charge in [-0.1, -0.05) is 20.8 Å². The second-order valence-corrected chi connectivity index (χ2v) is 6.10. The highest BCUT2D eigenvalue weighted by Gasteiger charge is 2.44. The average Bonchev–Trinajstić information content (AvgIpc) is 3.09. The maximum atomic E-state index is 6.14. The van der Waals surface area contributed by atoms with Crippen molar-refractivity contribution in [2.45, 2.75) is 44.6 Å². The van der Waals surface area contributed by atoms with E-state index in [2.05, 4.69) is 26.8 Å². The number of nitrogens with two attached hydrogens (primary N) is 1. The van der Waals surface area contributed by atoms with Gasteiger partial charge in [0.1, 0.15) is 17.1 Å². The molecule has 100 valence electrons. The first-order chi connectivity index (χ1) is 8.40. The van der Waals surface area contributed by atoms with Crippen molar-refractivity contribution in [3.63, 3.8) is 0 Å². The smallest absolute Gasteiger partial charge is 0.124 e. The van der Waals surface area contributed by atoms with Crippen molar-refractivity contribution in [3.05, 3.63) is 23.8 Å². The molecular weight excluding hydrogens is 226 g/mol. The lowest BCUT2D eigenvalue weighted by Gasteiger charge is -2.26. The summed E-state index contributed by atoms with van der Waals surface area (Å²) in [7, 11) is 1.69. The van der Waals surface area contributed by atoms with Gasteiger partial charge >= 0.3 is 0 Å². The SMILES string of the molecule is COc1ccc(OC2(CN)CC2)c(C(C)(C)C)c1. The zero-order valence-electron chi connectivity index (χ0n) is 11.7. The van der Waals surface area contributed by atoms with Crippen LogP contribution >= 0.6 is 0 Å². The molecule has 3 nitrogen and oxygen atoms in total. The van der Waals surface area contributed by atoms with Crippen LogP contribution in [0.1, 0.15) is 39.2 Å². The molecule has 0 unspecified atom stereocenters. The summed E-state index contributed by atoms with van der Waals surface area (Å²) >= 11 is 0. The predicted octanol–water partition coefficient (Wildman–Crippen LogP) is 2.86. The Kier molecular flexibility index (Phi) is 3.28. The zero-order chi connectivity index (χ0) is 13.4. The fourth-order valence-electron chi connectivity index (χ4n) is 2.03. The van der Waals surface area contributed by atoms with Gasteiger partial charge in [-0.25, -0.2) is 0 Å². The van der Waals surface area contributed by atoms with Crippen LogP contribution in [0.3, 0.4) is 0 Å². The van der Waals surface area contributed by atoms with E-state index in [1.807, 2.05) is 12.1 Å². The zero-order valence-corrected chi connectivity index (χ0v) is 11.7. The van der Waals surface area contributed by atoms with Gasteiger partial charge < -0.3 is 15.2 Å². The van der Waals surface area contributed by atoms with Crippen LogP contribution in [0.2, 0.25) is 0 Å². The highest BCUT2D eigenvalue weighted by molar-refractivity contribution is 5.44. The normalized spacial score (nSPS) is 17.4. The molecule has 0 radical (unpaired) electrons. The third kappa shape index (κ3) is 2.61. The lowest BCUT2D eigenvalue weighted by Crippen LogP contribution is -2.29. The van der Waals surface area contributed by atoms with E-state index in [9.17, 15) is 0 Å². The van der Waals surface area contributed by atoms with Crippen LogP contribution in [0.25, 0.3) is 0 Å². The molecule has 1 aliphatic carbocycles. The van der Waals surface area contributed by atoms with Gasteiger partial charge in [-0.2, -0.15) is 0 Å². The molecule has 0 heterocycles. The van der Waals surface area contributed by atoms with Crippen molar-refractivity contribution in [3.8, 4) is 11.5 Å². The molecule has 2 rings (SSSR count). The van der Waals surface area contributed by atoms with Crippen molar-refractivity contribution >= 4 is 0 Å². The maximum absolute atomic E-state index is 6.14. The molecule has 0 amide bonds. The van der Waals surface area contributed by atoms with Crippen molar-refractivity contribution in [1.82, 2.24) is 0 Å².